The summed E-state index contributed by atoms with van der Waals surface area (Å²) in [6.07, 6.45) is 6.29. The number of halogens is 1. The molecule has 0 radical (unpaired) electrons. The third kappa shape index (κ3) is 9.49. The highest BCUT2D eigenvalue weighted by molar-refractivity contribution is 5.69. The summed E-state index contributed by atoms with van der Waals surface area (Å²) in [5, 5.41) is 0. The van der Waals surface area contributed by atoms with Crippen molar-refractivity contribution in [3.05, 3.63) is 0 Å². The molecule has 0 saturated heterocycles. The van der Waals surface area contributed by atoms with Crippen molar-refractivity contribution in [2.75, 3.05) is 13.3 Å². The Balaban J connectivity index is 3.01. The van der Waals surface area contributed by atoms with Crippen LogP contribution < -0.4 is 0 Å². The Morgan fingerprint density at radius 1 is 1.07 bits per heavy atom. The molecule has 0 N–H and O–H groups in total. The number of carbonyl (C=O) groups is 1. The molecule has 0 fully saturated rings. The van der Waals surface area contributed by atoms with Crippen LogP contribution in [0.3, 0.4) is 0 Å². The van der Waals surface area contributed by atoms with Crippen molar-refractivity contribution in [2.45, 2.75) is 51.9 Å². The van der Waals surface area contributed by atoms with Gasteiger partial charge in [-0.25, -0.2) is 0 Å². The summed E-state index contributed by atoms with van der Waals surface area (Å²) in [4.78, 5) is 10.9. The maximum absolute atomic E-state index is 11.7. The summed E-state index contributed by atoms with van der Waals surface area (Å²) in [5.41, 5.74) is 0. The van der Waals surface area contributed by atoms with Crippen LogP contribution >= 0.6 is 0 Å². The molecule has 0 rings (SSSR count). The average Bonchev–Trinajstić information content (AvgIpc) is 2.17. The molecule has 0 bridgehead atoms. The summed E-state index contributed by atoms with van der Waals surface area (Å²) >= 11 is 0. The van der Waals surface area contributed by atoms with Gasteiger partial charge in [-0.3, -0.25) is 9.18 Å². The Kier molecular flexibility index (Phi) is 10.0. The second-order valence-electron chi connectivity index (χ2n) is 3.37. The zero-order chi connectivity index (χ0) is 10.6. The van der Waals surface area contributed by atoms with Gasteiger partial charge in [-0.1, -0.05) is 25.7 Å². The molecule has 0 unspecified atom stereocenters. The van der Waals surface area contributed by atoms with Crippen molar-refractivity contribution in [1.82, 2.24) is 0 Å². The zero-order valence-electron chi connectivity index (χ0n) is 9.06. The summed E-state index contributed by atoms with van der Waals surface area (Å²) in [5.74, 6) is -0.101. The van der Waals surface area contributed by atoms with Gasteiger partial charge in [0, 0.05) is 6.42 Å². The second kappa shape index (κ2) is 10.5. The number of hydrogen-bond acceptors (Lipinski definition) is 2. The number of hydrogen-bond donors (Lipinski definition) is 0. The molecular weight excluding hydrogens is 183 g/mol. The fourth-order valence-corrected chi connectivity index (χ4v) is 1.30. The summed E-state index contributed by atoms with van der Waals surface area (Å²) in [6.45, 7) is 2.08. The Hall–Kier alpha value is -0.600. The number of rotatable bonds is 9. The molecule has 0 aliphatic rings. The molecule has 14 heavy (non-hydrogen) atoms. The topological polar surface area (TPSA) is 26.3 Å². The molecule has 0 heterocycles. The third-order valence-corrected chi connectivity index (χ3v) is 2.07. The van der Waals surface area contributed by atoms with E-state index in [4.69, 9.17) is 4.74 Å². The van der Waals surface area contributed by atoms with Crippen LogP contribution in [0, 0.1) is 0 Å². The van der Waals surface area contributed by atoms with Crippen molar-refractivity contribution in [1.29, 1.82) is 0 Å². The van der Waals surface area contributed by atoms with Crippen LogP contribution in [0.25, 0.3) is 0 Å². The minimum absolute atomic E-state index is 0.101. The zero-order valence-corrected chi connectivity index (χ0v) is 9.06. The fourth-order valence-electron chi connectivity index (χ4n) is 1.30. The minimum Gasteiger partial charge on any atom is -0.466 e. The first-order valence-corrected chi connectivity index (χ1v) is 5.52. The lowest BCUT2D eigenvalue weighted by Gasteiger charge is -2.01. The van der Waals surface area contributed by atoms with E-state index in [2.05, 4.69) is 0 Å². The van der Waals surface area contributed by atoms with Gasteiger partial charge in [0.1, 0.15) is 0 Å². The minimum atomic E-state index is -0.206. The van der Waals surface area contributed by atoms with Gasteiger partial charge in [-0.15, -0.1) is 0 Å². The first-order valence-electron chi connectivity index (χ1n) is 5.52. The highest BCUT2D eigenvalue weighted by Gasteiger charge is 2.00. The molecule has 0 aliphatic carbocycles. The lowest BCUT2D eigenvalue weighted by atomic mass is 10.1. The molecule has 84 valence electrons. The molecule has 0 atom stereocenters. The normalized spacial score (nSPS) is 10.1. The number of unbranched alkanes of at least 4 members (excludes halogenated alkanes) is 5. The molecule has 0 saturated carbocycles. The predicted octanol–water partition coefficient (Wildman–Crippen LogP) is 3.25. The Bertz CT molecular complexity index is 137. The number of esters is 1. The highest BCUT2D eigenvalue weighted by atomic mass is 19.1. The monoisotopic (exact) mass is 204 g/mol. The van der Waals surface area contributed by atoms with Gasteiger partial charge in [0.05, 0.1) is 13.3 Å². The van der Waals surface area contributed by atoms with Gasteiger partial charge in [0.15, 0.2) is 0 Å². The Morgan fingerprint density at radius 3 is 2.21 bits per heavy atom. The van der Waals surface area contributed by atoms with Crippen molar-refractivity contribution >= 4 is 5.97 Å². The standard InChI is InChI=1S/C11H21FO2/c1-2-14-11(13)9-7-5-3-4-6-8-10-12/h2-10H2,1H3. The van der Waals surface area contributed by atoms with Crippen LogP contribution in [0.1, 0.15) is 51.9 Å². The number of alkyl halides is 1. The van der Waals surface area contributed by atoms with Crippen molar-refractivity contribution < 1.29 is 13.9 Å². The molecular formula is C11H21FO2. The van der Waals surface area contributed by atoms with E-state index in [9.17, 15) is 9.18 Å². The third-order valence-electron chi connectivity index (χ3n) is 2.07. The van der Waals surface area contributed by atoms with Gasteiger partial charge in [0.2, 0.25) is 0 Å². The Labute approximate surface area is 85.8 Å². The van der Waals surface area contributed by atoms with Gasteiger partial charge in [-0.2, -0.15) is 0 Å². The molecule has 3 heteroatoms. The van der Waals surface area contributed by atoms with Gasteiger partial charge < -0.3 is 4.74 Å². The summed E-state index contributed by atoms with van der Waals surface area (Å²) in [7, 11) is 0. The van der Waals surface area contributed by atoms with E-state index >= 15 is 0 Å². The van der Waals surface area contributed by atoms with Crippen molar-refractivity contribution in [3.8, 4) is 0 Å². The molecule has 0 amide bonds. The largest absolute Gasteiger partial charge is 0.466 e. The molecule has 0 aromatic rings. The van der Waals surface area contributed by atoms with Crippen molar-refractivity contribution in [2.24, 2.45) is 0 Å². The lowest BCUT2D eigenvalue weighted by molar-refractivity contribution is -0.143. The van der Waals surface area contributed by atoms with E-state index in [1.807, 2.05) is 6.92 Å². The van der Waals surface area contributed by atoms with Crippen LogP contribution in [0.4, 0.5) is 4.39 Å². The first-order chi connectivity index (χ1) is 6.81. The van der Waals surface area contributed by atoms with Crippen molar-refractivity contribution in [3.63, 3.8) is 0 Å². The number of carbonyl (C=O) groups excluding carboxylic acids is 1. The van der Waals surface area contributed by atoms with Crippen LogP contribution in [-0.4, -0.2) is 19.3 Å². The second-order valence-corrected chi connectivity index (χ2v) is 3.37. The Morgan fingerprint density at radius 2 is 1.64 bits per heavy atom. The number of ether oxygens (including phenoxy) is 1. The summed E-state index contributed by atoms with van der Waals surface area (Å²) < 4.78 is 16.5. The van der Waals surface area contributed by atoms with Crippen LogP contribution in [0.5, 0.6) is 0 Å². The van der Waals surface area contributed by atoms with E-state index in [1.54, 1.807) is 0 Å². The average molecular weight is 204 g/mol. The lowest BCUT2D eigenvalue weighted by Crippen LogP contribution is -2.03. The molecule has 0 aliphatic heterocycles. The maximum atomic E-state index is 11.7. The molecule has 0 aromatic carbocycles. The van der Waals surface area contributed by atoms with E-state index in [0.29, 0.717) is 19.4 Å². The first kappa shape index (κ1) is 13.4. The van der Waals surface area contributed by atoms with E-state index in [0.717, 1.165) is 32.1 Å². The van der Waals surface area contributed by atoms with E-state index < -0.39 is 0 Å². The SMILES string of the molecule is CCOC(=O)CCCCCCCCF. The smallest absolute Gasteiger partial charge is 0.305 e. The van der Waals surface area contributed by atoms with Gasteiger partial charge >= 0.3 is 5.97 Å². The summed E-state index contributed by atoms with van der Waals surface area (Å²) in [6, 6.07) is 0. The maximum Gasteiger partial charge on any atom is 0.305 e. The molecule has 0 aromatic heterocycles. The highest BCUT2D eigenvalue weighted by Crippen LogP contribution is 2.07. The predicted molar refractivity (Wildman–Crippen MR) is 54.9 cm³/mol. The van der Waals surface area contributed by atoms with E-state index in [-0.39, 0.29) is 12.6 Å². The van der Waals surface area contributed by atoms with Crippen LogP contribution in [0.15, 0.2) is 0 Å². The molecule has 0 spiro atoms. The van der Waals surface area contributed by atoms with Crippen LogP contribution in [0.2, 0.25) is 0 Å². The van der Waals surface area contributed by atoms with Gasteiger partial charge in [0.25, 0.3) is 0 Å². The quantitative estimate of drug-likeness (QED) is 0.425. The van der Waals surface area contributed by atoms with E-state index in [1.165, 1.54) is 0 Å². The van der Waals surface area contributed by atoms with Crippen LogP contribution in [-0.2, 0) is 9.53 Å². The van der Waals surface area contributed by atoms with Gasteiger partial charge in [-0.05, 0) is 19.8 Å². The fraction of sp³-hybridized carbons (Fsp3) is 0.909. The molecule has 2 nitrogen and oxygen atoms in total.